The first-order chi connectivity index (χ1) is 12.2. The van der Waals surface area contributed by atoms with Gasteiger partial charge in [0.2, 0.25) is 0 Å². The summed E-state index contributed by atoms with van der Waals surface area (Å²) in [7, 11) is 0. The molecule has 0 aliphatic carbocycles. The Balaban J connectivity index is 0.000000188. The van der Waals surface area contributed by atoms with E-state index in [1.54, 1.807) is 12.1 Å². The van der Waals surface area contributed by atoms with Crippen molar-refractivity contribution in [2.24, 2.45) is 0 Å². The fourth-order valence-corrected chi connectivity index (χ4v) is 2.34. The third-order valence-corrected chi connectivity index (χ3v) is 3.64. The van der Waals surface area contributed by atoms with E-state index in [4.69, 9.17) is 9.47 Å². The average Bonchev–Trinajstić information content (AvgIpc) is 2.99. The highest BCUT2D eigenvalue weighted by molar-refractivity contribution is 5.92. The Hall–Kier alpha value is -3.27. The van der Waals surface area contributed by atoms with Crippen molar-refractivity contribution >= 4 is 5.97 Å². The van der Waals surface area contributed by atoms with Crippen LogP contribution in [0.1, 0.15) is 21.5 Å². The fourth-order valence-electron chi connectivity index (χ4n) is 2.34. The Morgan fingerprint density at radius 2 is 1.72 bits per heavy atom. The molecular weight excluding hydrogens is 316 g/mol. The zero-order valence-corrected chi connectivity index (χ0v) is 13.6. The fraction of sp³-hybridized carbons (Fsp3) is 0.0952. The van der Waals surface area contributed by atoms with Crippen LogP contribution in [0.4, 0.5) is 0 Å². The van der Waals surface area contributed by atoms with Crippen molar-refractivity contribution in [2.45, 2.75) is 13.2 Å². The van der Waals surface area contributed by atoms with Crippen molar-refractivity contribution in [1.29, 1.82) is 0 Å². The quantitative estimate of drug-likeness (QED) is 0.725. The summed E-state index contributed by atoms with van der Waals surface area (Å²) in [6.07, 6.45) is 0. The van der Waals surface area contributed by atoms with E-state index in [0.29, 0.717) is 0 Å². The molecule has 0 spiro atoms. The van der Waals surface area contributed by atoms with E-state index in [0.717, 1.165) is 17.9 Å². The molecule has 1 N–H and O–H groups in total. The number of carbonyl (C=O) groups excluding carboxylic acids is 1. The number of benzene rings is 3. The average molecular weight is 334 g/mol. The molecule has 3 aromatic carbocycles. The highest BCUT2D eigenvalue weighted by Gasteiger charge is 2.11. The Morgan fingerprint density at radius 1 is 0.960 bits per heavy atom. The second-order valence-corrected chi connectivity index (χ2v) is 5.51. The first-order valence-corrected chi connectivity index (χ1v) is 7.93. The predicted molar refractivity (Wildman–Crippen MR) is 94.4 cm³/mol. The van der Waals surface area contributed by atoms with Gasteiger partial charge < -0.3 is 14.6 Å². The zero-order chi connectivity index (χ0) is 17.5. The number of phenols is 1. The zero-order valence-electron chi connectivity index (χ0n) is 13.6. The summed E-state index contributed by atoms with van der Waals surface area (Å²) in [5, 5.41) is 9.48. The minimum atomic E-state index is -0.521. The third kappa shape index (κ3) is 4.61. The molecule has 126 valence electrons. The topological polar surface area (TPSA) is 55.8 Å². The van der Waals surface area contributed by atoms with Crippen molar-refractivity contribution in [3.05, 3.63) is 95.6 Å². The van der Waals surface area contributed by atoms with E-state index in [2.05, 4.69) is 12.1 Å². The molecule has 0 atom stereocenters. The van der Waals surface area contributed by atoms with Crippen LogP contribution >= 0.6 is 0 Å². The normalized spacial score (nSPS) is 11.0. The molecule has 0 amide bonds. The summed E-state index contributed by atoms with van der Waals surface area (Å²) in [6.45, 7) is 0.969. The van der Waals surface area contributed by atoms with Crippen LogP contribution in [0.5, 0.6) is 11.5 Å². The molecule has 0 saturated heterocycles. The standard InChI is InChI=1S/C14H12O3.C7H6O/c15-13-9-5-4-8-12(13)14(16)17-10-11-6-2-1-3-7-11;1-2-6-4-7(3-1)8-5-6/h1-9,15H,10H2;1-4H,5H2. The molecule has 3 aromatic rings. The van der Waals surface area contributed by atoms with E-state index in [1.807, 2.05) is 42.5 Å². The van der Waals surface area contributed by atoms with Crippen molar-refractivity contribution < 1.29 is 19.4 Å². The minimum absolute atomic E-state index is 0.0643. The van der Waals surface area contributed by atoms with Gasteiger partial charge in [0.05, 0.1) is 0 Å². The largest absolute Gasteiger partial charge is 0.507 e. The number of carbonyl (C=O) groups is 1. The number of ether oxygens (including phenoxy) is 2. The lowest BCUT2D eigenvalue weighted by Crippen LogP contribution is -2.05. The molecular formula is C21H18O4. The molecule has 0 aromatic heterocycles. The molecule has 0 unspecified atom stereocenters. The highest BCUT2D eigenvalue weighted by Crippen LogP contribution is 2.21. The van der Waals surface area contributed by atoms with Crippen molar-refractivity contribution in [3.63, 3.8) is 0 Å². The van der Waals surface area contributed by atoms with Gasteiger partial charge in [0.1, 0.15) is 30.3 Å². The van der Waals surface area contributed by atoms with Gasteiger partial charge in [0.25, 0.3) is 0 Å². The highest BCUT2D eigenvalue weighted by atomic mass is 16.5. The number of fused-ring (bicyclic) bond motifs is 2. The van der Waals surface area contributed by atoms with Gasteiger partial charge in [-0.1, -0.05) is 54.6 Å². The summed E-state index contributed by atoms with van der Waals surface area (Å²) in [5.74, 6) is 0.417. The van der Waals surface area contributed by atoms with Gasteiger partial charge in [-0.3, -0.25) is 0 Å². The first kappa shape index (κ1) is 16.6. The molecule has 4 rings (SSSR count). The van der Waals surface area contributed by atoms with Crippen molar-refractivity contribution in [1.82, 2.24) is 0 Å². The molecule has 4 nitrogen and oxygen atoms in total. The van der Waals surface area contributed by atoms with Crippen LogP contribution in [0.3, 0.4) is 0 Å². The summed E-state index contributed by atoms with van der Waals surface area (Å²) >= 11 is 0. The van der Waals surface area contributed by atoms with E-state index in [1.165, 1.54) is 17.7 Å². The summed E-state index contributed by atoms with van der Waals surface area (Å²) in [5.41, 5.74) is 2.38. The molecule has 1 heterocycles. The molecule has 1 aliphatic rings. The van der Waals surface area contributed by atoms with Crippen LogP contribution in [0.15, 0.2) is 78.9 Å². The minimum Gasteiger partial charge on any atom is -0.507 e. The van der Waals surface area contributed by atoms with Gasteiger partial charge in [-0.25, -0.2) is 4.79 Å². The van der Waals surface area contributed by atoms with Crippen molar-refractivity contribution in [2.75, 3.05) is 0 Å². The number of aromatic hydroxyl groups is 1. The Labute approximate surface area is 146 Å². The van der Waals surface area contributed by atoms with Gasteiger partial charge in [-0.15, -0.1) is 0 Å². The number of hydrogen-bond donors (Lipinski definition) is 1. The number of hydrogen-bond acceptors (Lipinski definition) is 4. The monoisotopic (exact) mass is 334 g/mol. The van der Waals surface area contributed by atoms with Crippen molar-refractivity contribution in [3.8, 4) is 11.5 Å². The molecule has 2 bridgehead atoms. The molecule has 4 heteroatoms. The Bertz CT molecular complexity index is 824. The van der Waals surface area contributed by atoms with E-state index in [-0.39, 0.29) is 17.9 Å². The van der Waals surface area contributed by atoms with Gasteiger partial charge >= 0.3 is 5.97 Å². The van der Waals surface area contributed by atoms with Gasteiger partial charge in [-0.2, -0.15) is 0 Å². The Kier molecular flexibility index (Phi) is 5.32. The van der Waals surface area contributed by atoms with Crippen LogP contribution in [0, 0.1) is 0 Å². The lowest BCUT2D eigenvalue weighted by Gasteiger charge is -2.05. The van der Waals surface area contributed by atoms with E-state index in [9.17, 15) is 9.90 Å². The first-order valence-electron chi connectivity index (χ1n) is 7.93. The van der Waals surface area contributed by atoms with E-state index >= 15 is 0 Å². The maximum atomic E-state index is 11.7. The number of esters is 1. The molecule has 0 saturated carbocycles. The molecule has 25 heavy (non-hydrogen) atoms. The van der Waals surface area contributed by atoms with Crippen LogP contribution in [-0.2, 0) is 18.0 Å². The maximum absolute atomic E-state index is 11.7. The third-order valence-electron chi connectivity index (χ3n) is 3.64. The van der Waals surface area contributed by atoms with Gasteiger partial charge in [0, 0.05) is 0 Å². The Morgan fingerprint density at radius 3 is 2.44 bits per heavy atom. The lowest BCUT2D eigenvalue weighted by molar-refractivity contribution is 0.0469. The van der Waals surface area contributed by atoms with E-state index < -0.39 is 5.97 Å². The summed E-state index contributed by atoms with van der Waals surface area (Å²) in [4.78, 5) is 11.7. The number of para-hydroxylation sites is 1. The second-order valence-electron chi connectivity index (χ2n) is 5.51. The second kappa shape index (κ2) is 8.02. The predicted octanol–water partition coefficient (Wildman–Crippen LogP) is 4.33. The molecule has 0 radical (unpaired) electrons. The van der Waals surface area contributed by atoms with Crippen LogP contribution < -0.4 is 4.74 Å². The van der Waals surface area contributed by atoms with Crippen LogP contribution in [0.25, 0.3) is 0 Å². The smallest absolute Gasteiger partial charge is 0.342 e. The van der Waals surface area contributed by atoms with Gasteiger partial charge in [0.15, 0.2) is 0 Å². The van der Waals surface area contributed by atoms with Crippen LogP contribution in [-0.4, -0.2) is 11.1 Å². The number of rotatable bonds is 3. The van der Waals surface area contributed by atoms with Gasteiger partial charge in [-0.05, 0) is 35.4 Å². The molecule has 1 aliphatic heterocycles. The maximum Gasteiger partial charge on any atom is 0.342 e. The number of phenolic OH excluding ortho intramolecular Hbond substituents is 1. The molecule has 0 fully saturated rings. The summed E-state index contributed by atoms with van der Waals surface area (Å²) < 4.78 is 10.3. The van der Waals surface area contributed by atoms with Crippen LogP contribution in [0.2, 0.25) is 0 Å². The summed E-state index contributed by atoms with van der Waals surface area (Å²) in [6, 6.07) is 23.8. The SMILES string of the molecule is O=C(OCc1ccccc1)c1ccccc1O.c1cc2cc(c1)OC2. The lowest BCUT2D eigenvalue weighted by atomic mass is 10.2.